The molecule has 4 N–H and O–H groups in total. The van der Waals surface area contributed by atoms with E-state index < -0.39 is 12.0 Å². The summed E-state index contributed by atoms with van der Waals surface area (Å²) in [4.78, 5) is 22.0. The van der Waals surface area contributed by atoms with E-state index in [2.05, 4.69) is 15.5 Å². The molecule has 0 saturated heterocycles. The monoisotopic (exact) mass is 288 g/mol. The smallest absolute Gasteiger partial charge is 0.322 e. The lowest BCUT2D eigenvalue weighted by Crippen LogP contribution is -2.33. The number of nitrogens with zero attached hydrogens (tertiary/aromatic N) is 2. The highest BCUT2D eigenvalue weighted by Gasteiger charge is 2.14. The number of nitrogens with two attached hydrogens (primary N) is 1. The third-order valence-electron chi connectivity index (χ3n) is 2.03. The van der Waals surface area contributed by atoms with Crippen molar-refractivity contribution in [2.75, 3.05) is 16.8 Å². The predicted octanol–water partition coefficient (Wildman–Crippen LogP) is 0.277. The first-order valence-electron chi connectivity index (χ1n) is 5.59. The van der Waals surface area contributed by atoms with Gasteiger partial charge in [-0.1, -0.05) is 18.9 Å². The van der Waals surface area contributed by atoms with Gasteiger partial charge in [-0.3, -0.25) is 14.9 Å². The normalized spacial score (nSPS) is 12.4. The van der Waals surface area contributed by atoms with Crippen LogP contribution in [0.5, 0.6) is 0 Å². The number of aromatic nitrogens is 2. The van der Waals surface area contributed by atoms with Crippen LogP contribution in [0.2, 0.25) is 0 Å². The van der Waals surface area contributed by atoms with Crippen LogP contribution in [0.15, 0.2) is 4.42 Å². The SMILES string of the molecule is CC(C)c1nnc(NC(=O)CSCC(N)C(=O)O)o1. The van der Waals surface area contributed by atoms with Gasteiger partial charge in [-0.2, -0.15) is 0 Å². The standard InChI is InChI=1S/C10H16N4O4S/c1-5(2)8-13-14-10(18-8)12-7(15)4-19-3-6(11)9(16)17/h5-6H,3-4,11H2,1-2H3,(H,16,17)(H,12,14,15). The number of carboxylic acid groups (broad SMARTS) is 1. The third kappa shape index (κ3) is 5.26. The lowest BCUT2D eigenvalue weighted by Gasteiger charge is -2.05. The zero-order valence-corrected chi connectivity index (χ0v) is 11.4. The van der Waals surface area contributed by atoms with Gasteiger partial charge in [0.2, 0.25) is 11.8 Å². The average molecular weight is 288 g/mol. The molecular weight excluding hydrogens is 272 g/mol. The van der Waals surface area contributed by atoms with Crippen molar-refractivity contribution in [2.24, 2.45) is 5.73 Å². The van der Waals surface area contributed by atoms with Crippen LogP contribution in [0.25, 0.3) is 0 Å². The largest absolute Gasteiger partial charge is 0.480 e. The van der Waals surface area contributed by atoms with Crippen molar-refractivity contribution in [1.29, 1.82) is 0 Å². The number of nitrogens with one attached hydrogen (secondary N) is 1. The Labute approximate surface area is 114 Å². The Morgan fingerprint density at radius 3 is 2.68 bits per heavy atom. The number of amides is 1. The lowest BCUT2D eigenvalue weighted by molar-refractivity contribution is -0.137. The zero-order valence-electron chi connectivity index (χ0n) is 10.6. The number of anilines is 1. The van der Waals surface area contributed by atoms with Gasteiger partial charge in [0.05, 0.1) is 5.75 Å². The maximum Gasteiger partial charge on any atom is 0.322 e. The molecule has 0 saturated carbocycles. The molecule has 1 aromatic heterocycles. The predicted molar refractivity (Wildman–Crippen MR) is 70.0 cm³/mol. The summed E-state index contributed by atoms with van der Waals surface area (Å²) >= 11 is 1.12. The molecule has 1 heterocycles. The molecule has 0 radical (unpaired) electrons. The van der Waals surface area contributed by atoms with Crippen molar-refractivity contribution in [3.8, 4) is 0 Å². The van der Waals surface area contributed by atoms with E-state index in [0.29, 0.717) is 5.89 Å². The van der Waals surface area contributed by atoms with Crippen molar-refractivity contribution in [1.82, 2.24) is 10.2 Å². The number of thioether (sulfide) groups is 1. The molecule has 0 aliphatic carbocycles. The van der Waals surface area contributed by atoms with E-state index in [0.717, 1.165) is 11.8 Å². The topological polar surface area (TPSA) is 131 Å². The Hall–Kier alpha value is -1.61. The highest BCUT2D eigenvalue weighted by molar-refractivity contribution is 8.00. The molecule has 8 nitrogen and oxygen atoms in total. The molecule has 0 spiro atoms. The van der Waals surface area contributed by atoms with Crippen molar-refractivity contribution in [2.45, 2.75) is 25.8 Å². The lowest BCUT2D eigenvalue weighted by atomic mass is 10.2. The van der Waals surface area contributed by atoms with E-state index in [4.69, 9.17) is 15.3 Å². The van der Waals surface area contributed by atoms with Crippen LogP contribution in [0.3, 0.4) is 0 Å². The molecule has 0 aliphatic heterocycles. The minimum absolute atomic E-state index is 0.0387. The van der Waals surface area contributed by atoms with Gasteiger partial charge in [0.25, 0.3) is 0 Å². The average Bonchev–Trinajstić information content (AvgIpc) is 2.77. The molecule has 1 unspecified atom stereocenters. The highest BCUT2D eigenvalue weighted by atomic mass is 32.2. The van der Waals surface area contributed by atoms with Crippen molar-refractivity contribution < 1.29 is 19.1 Å². The molecular formula is C10H16N4O4S. The molecule has 106 valence electrons. The van der Waals surface area contributed by atoms with E-state index in [-0.39, 0.29) is 29.3 Å². The number of hydrogen-bond acceptors (Lipinski definition) is 7. The van der Waals surface area contributed by atoms with Crippen LogP contribution in [0.4, 0.5) is 6.01 Å². The van der Waals surface area contributed by atoms with Crippen LogP contribution < -0.4 is 11.1 Å². The van der Waals surface area contributed by atoms with E-state index in [1.165, 1.54) is 0 Å². The number of carboxylic acids is 1. The maximum absolute atomic E-state index is 11.5. The Morgan fingerprint density at radius 1 is 1.47 bits per heavy atom. The van der Waals surface area contributed by atoms with Crippen LogP contribution in [-0.2, 0) is 9.59 Å². The summed E-state index contributed by atoms with van der Waals surface area (Å²) in [6.45, 7) is 3.78. The van der Waals surface area contributed by atoms with Gasteiger partial charge in [0.1, 0.15) is 6.04 Å². The fourth-order valence-electron chi connectivity index (χ4n) is 1.02. The molecule has 19 heavy (non-hydrogen) atoms. The molecule has 0 aliphatic rings. The summed E-state index contributed by atoms with van der Waals surface area (Å²) < 4.78 is 5.20. The molecule has 9 heteroatoms. The molecule has 0 bridgehead atoms. The Morgan fingerprint density at radius 2 is 2.16 bits per heavy atom. The number of carbonyl (C=O) groups excluding carboxylic acids is 1. The minimum Gasteiger partial charge on any atom is -0.480 e. The first-order valence-corrected chi connectivity index (χ1v) is 6.75. The Balaban J connectivity index is 2.32. The third-order valence-corrected chi connectivity index (χ3v) is 3.09. The summed E-state index contributed by atoms with van der Waals surface area (Å²) in [5.41, 5.74) is 5.30. The summed E-state index contributed by atoms with van der Waals surface area (Å²) in [5.74, 6) is -0.686. The van der Waals surface area contributed by atoms with Crippen LogP contribution >= 0.6 is 11.8 Å². The second-order valence-corrected chi connectivity index (χ2v) is 5.14. The summed E-state index contributed by atoms with van der Waals surface area (Å²) in [5, 5.41) is 18.4. The van der Waals surface area contributed by atoms with Crippen LogP contribution in [0.1, 0.15) is 25.7 Å². The van der Waals surface area contributed by atoms with Gasteiger partial charge >= 0.3 is 12.0 Å². The number of aliphatic carboxylic acids is 1. The number of rotatable bonds is 7. The van der Waals surface area contributed by atoms with E-state index in [1.807, 2.05) is 13.8 Å². The first kappa shape index (κ1) is 15.4. The number of hydrogen-bond donors (Lipinski definition) is 3. The van der Waals surface area contributed by atoms with Crippen LogP contribution in [0, 0.1) is 0 Å². The van der Waals surface area contributed by atoms with E-state index in [9.17, 15) is 9.59 Å². The van der Waals surface area contributed by atoms with Gasteiger partial charge < -0.3 is 15.3 Å². The Kier molecular flexibility index (Phi) is 5.77. The second kappa shape index (κ2) is 7.10. The summed E-state index contributed by atoms with van der Waals surface area (Å²) in [7, 11) is 0. The Bertz CT molecular complexity index is 448. The number of carbonyl (C=O) groups is 2. The van der Waals surface area contributed by atoms with Gasteiger partial charge in [0.15, 0.2) is 0 Å². The van der Waals surface area contributed by atoms with E-state index in [1.54, 1.807) is 0 Å². The first-order chi connectivity index (χ1) is 8.90. The molecule has 1 rings (SSSR count). The minimum atomic E-state index is -1.09. The molecule has 0 fully saturated rings. The molecule has 1 atom stereocenters. The van der Waals surface area contributed by atoms with Crippen molar-refractivity contribution in [3.05, 3.63) is 5.89 Å². The van der Waals surface area contributed by atoms with Gasteiger partial charge in [-0.15, -0.1) is 16.9 Å². The van der Waals surface area contributed by atoms with Gasteiger partial charge in [0, 0.05) is 11.7 Å². The fraction of sp³-hybridized carbons (Fsp3) is 0.600. The molecule has 1 amide bonds. The quantitative estimate of drug-likeness (QED) is 0.651. The van der Waals surface area contributed by atoms with Crippen LogP contribution in [-0.4, -0.2) is 44.7 Å². The van der Waals surface area contributed by atoms with E-state index >= 15 is 0 Å². The van der Waals surface area contributed by atoms with Gasteiger partial charge in [-0.05, 0) is 0 Å². The van der Waals surface area contributed by atoms with Crippen molar-refractivity contribution in [3.63, 3.8) is 0 Å². The molecule has 1 aromatic rings. The second-order valence-electron chi connectivity index (χ2n) is 4.11. The summed E-state index contributed by atoms with van der Waals surface area (Å²) in [6.07, 6.45) is 0. The maximum atomic E-state index is 11.5. The fourth-order valence-corrected chi connectivity index (χ4v) is 1.80. The summed E-state index contributed by atoms with van der Waals surface area (Å²) in [6, 6.07) is -0.939. The molecule has 0 aromatic carbocycles. The highest BCUT2D eigenvalue weighted by Crippen LogP contribution is 2.15. The zero-order chi connectivity index (χ0) is 14.4. The van der Waals surface area contributed by atoms with Gasteiger partial charge in [-0.25, -0.2) is 0 Å². The van der Waals surface area contributed by atoms with Crippen molar-refractivity contribution >= 4 is 29.7 Å².